The molecule has 1 atom stereocenters. The van der Waals surface area contributed by atoms with Crippen LogP contribution in [0.2, 0.25) is 0 Å². The first-order valence-corrected chi connectivity index (χ1v) is 11.6. The van der Waals surface area contributed by atoms with Crippen molar-refractivity contribution in [3.05, 3.63) is 77.4 Å². The minimum Gasteiger partial charge on any atom is -0.346 e. The molecule has 6 heteroatoms. The third-order valence-corrected chi connectivity index (χ3v) is 5.24. The molecule has 0 bridgehead atoms. The van der Waals surface area contributed by atoms with Gasteiger partial charge in [0.2, 0.25) is 15.9 Å². The molecule has 2 aromatic carbocycles. The number of anilines is 1. The smallest absolute Gasteiger partial charge is 0.244 e. The number of sulfonamides is 1. The zero-order valence-electron chi connectivity index (χ0n) is 18.2. The molecule has 0 saturated carbocycles. The van der Waals surface area contributed by atoms with E-state index in [0.717, 1.165) is 17.4 Å². The van der Waals surface area contributed by atoms with Gasteiger partial charge >= 0.3 is 0 Å². The highest BCUT2D eigenvalue weighted by atomic mass is 32.2. The lowest BCUT2D eigenvalue weighted by Gasteiger charge is -2.18. The quantitative estimate of drug-likeness (QED) is 0.619. The summed E-state index contributed by atoms with van der Waals surface area (Å²) in [6.07, 6.45) is 5.96. The van der Waals surface area contributed by atoms with Crippen LogP contribution >= 0.6 is 0 Å². The van der Waals surface area contributed by atoms with Crippen molar-refractivity contribution < 1.29 is 13.2 Å². The molecule has 0 saturated heterocycles. The molecular formula is C24H30N2O3S. The van der Waals surface area contributed by atoms with Gasteiger partial charge in [-0.1, -0.05) is 63.8 Å². The predicted octanol–water partition coefficient (Wildman–Crippen LogP) is 4.89. The Balaban J connectivity index is 2.06. The molecule has 5 nitrogen and oxygen atoms in total. The summed E-state index contributed by atoms with van der Waals surface area (Å²) in [6, 6.07) is 13.1. The highest BCUT2D eigenvalue weighted by Crippen LogP contribution is 2.24. The second-order valence-electron chi connectivity index (χ2n) is 8.36. The fraction of sp³-hybridized carbons (Fsp3) is 0.292. The Hall–Kier alpha value is -2.86. The van der Waals surface area contributed by atoms with E-state index in [9.17, 15) is 13.2 Å². The molecule has 0 unspecified atom stereocenters. The summed E-state index contributed by atoms with van der Waals surface area (Å²) < 4.78 is 25.4. The normalized spacial score (nSPS) is 13.1. The number of rotatable bonds is 7. The van der Waals surface area contributed by atoms with Crippen molar-refractivity contribution in [1.29, 1.82) is 0 Å². The first-order valence-electron chi connectivity index (χ1n) is 9.72. The molecule has 1 amide bonds. The highest BCUT2D eigenvalue weighted by molar-refractivity contribution is 7.92. The van der Waals surface area contributed by atoms with Crippen LogP contribution in [0, 0.1) is 0 Å². The van der Waals surface area contributed by atoms with Gasteiger partial charge in [-0.15, -0.1) is 0 Å². The predicted molar refractivity (Wildman–Crippen MR) is 126 cm³/mol. The van der Waals surface area contributed by atoms with Crippen LogP contribution in [0.25, 0.3) is 12.2 Å². The Morgan fingerprint density at radius 2 is 1.73 bits per heavy atom. The van der Waals surface area contributed by atoms with Crippen molar-refractivity contribution in [1.82, 2.24) is 5.32 Å². The molecule has 160 valence electrons. The Morgan fingerprint density at radius 3 is 2.27 bits per heavy atom. The number of amides is 1. The van der Waals surface area contributed by atoms with Crippen LogP contribution in [0.3, 0.4) is 0 Å². The number of hydrogen-bond donors (Lipinski definition) is 2. The van der Waals surface area contributed by atoms with Crippen molar-refractivity contribution in [2.75, 3.05) is 11.0 Å². The van der Waals surface area contributed by atoms with Gasteiger partial charge in [-0.2, -0.15) is 0 Å². The van der Waals surface area contributed by atoms with Crippen LogP contribution in [0.1, 0.15) is 56.0 Å². The van der Waals surface area contributed by atoms with Crippen molar-refractivity contribution in [3.63, 3.8) is 0 Å². The molecule has 0 aliphatic carbocycles. The number of nitrogens with one attached hydrogen (secondary N) is 2. The maximum absolute atomic E-state index is 12.3. The average Bonchev–Trinajstić information content (AvgIpc) is 2.65. The Bertz CT molecular complexity index is 1050. The molecule has 0 aliphatic rings. The van der Waals surface area contributed by atoms with E-state index in [4.69, 9.17) is 0 Å². The SMILES string of the molecule is C=Cc1cc([C@@H](C)NC(=O)C=Cc2ccc(C(C)(C)C)cc2)ccc1NS(C)(=O)=O. The van der Waals surface area contributed by atoms with Crippen molar-refractivity contribution >= 4 is 33.8 Å². The largest absolute Gasteiger partial charge is 0.346 e. The molecule has 0 spiro atoms. The molecule has 0 heterocycles. The van der Waals surface area contributed by atoms with Crippen LogP contribution in [-0.2, 0) is 20.2 Å². The summed E-state index contributed by atoms with van der Waals surface area (Å²) in [4.78, 5) is 12.3. The van der Waals surface area contributed by atoms with Gasteiger partial charge < -0.3 is 5.32 Å². The van der Waals surface area contributed by atoms with E-state index >= 15 is 0 Å². The van der Waals surface area contributed by atoms with Gasteiger partial charge in [-0.25, -0.2) is 8.42 Å². The molecule has 2 N–H and O–H groups in total. The fourth-order valence-electron chi connectivity index (χ4n) is 2.92. The lowest BCUT2D eigenvalue weighted by molar-refractivity contribution is -0.117. The zero-order valence-corrected chi connectivity index (χ0v) is 19.0. The molecular weight excluding hydrogens is 396 g/mol. The van der Waals surface area contributed by atoms with Crippen LogP contribution in [0.5, 0.6) is 0 Å². The summed E-state index contributed by atoms with van der Waals surface area (Å²) in [7, 11) is -3.38. The molecule has 30 heavy (non-hydrogen) atoms. The molecule has 0 aliphatic heterocycles. The van der Waals surface area contributed by atoms with Crippen molar-refractivity contribution in [2.45, 2.75) is 39.2 Å². The van der Waals surface area contributed by atoms with Gasteiger partial charge in [0.15, 0.2) is 0 Å². The van der Waals surface area contributed by atoms with Gasteiger partial charge in [-0.05, 0) is 52.8 Å². The Kier molecular flexibility index (Phi) is 7.26. The van der Waals surface area contributed by atoms with E-state index in [0.29, 0.717) is 11.3 Å². The molecule has 0 radical (unpaired) electrons. The monoisotopic (exact) mass is 426 g/mol. The van der Waals surface area contributed by atoms with Crippen LogP contribution in [0.15, 0.2) is 55.1 Å². The molecule has 2 aromatic rings. The maximum atomic E-state index is 12.3. The number of carbonyl (C=O) groups excluding carboxylic acids is 1. The second kappa shape index (κ2) is 9.30. The second-order valence-corrected chi connectivity index (χ2v) is 10.1. The lowest BCUT2D eigenvalue weighted by atomic mass is 9.87. The molecule has 0 fully saturated rings. The number of benzene rings is 2. The van der Waals surface area contributed by atoms with Gasteiger partial charge in [0.25, 0.3) is 0 Å². The lowest BCUT2D eigenvalue weighted by Crippen LogP contribution is -2.24. The van der Waals surface area contributed by atoms with Gasteiger partial charge in [0.1, 0.15) is 0 Å². The average molecular weight is 427 g/mol. The van der Waals surface area contributed by atoms with Crippen LogP contribution in [-0.4, -0.2) is 20.6 Å². The summed E-state index contributed by atoms with van der Waals surface area (Å²) in [5.41, 5.74) is 4.23. The minimum absolute atomic E-state index is 0.0890. The topological polar surface area (TPSA) is 75.3 Å². The van der Waals surface area contributed by atoms with Crippen LogP contribution in [0.4, 0.5) is 5.69 Å². The summed E-state index contributed by atoms with van der Waals surface area (Å²) in [5.74, 6) is -0.208. The fourth-order valence-corrected chi connectivity index (χ4v) is 3.51. The van der Waals surface area contributed by atoms with Gasteiger partial charge in [0, 0.05) is 6.08 Å². The minimum atomic E-state index is -3.38. The number of carbonyl (C=O) groups is 1. The van der Waals surface area contributed by atoms with Crippen molar-refractivity contribution in [3.8, 4) is 0 Å². The third-order valence-electron chi connectivity index (χ3n) is 4.65. The van der Waals surface area contributed by atoms with E-state index in [1.54, 1.807) is 30.4 Å². The Labute approximate surface area is 180 Å². The zero-order chi connectivity index (χ0) is 22.5. The molecule has 0 aromatic heterocycles. The van der Waals surface area contributed by atoms with Crippen molar-refractivity contribution in [2.24, 2.45) is 0 Å². The van der Waals surface area contributed by atoms with Crippen LogP contribution < -0.4 is 10.0 Å². The number of hydrogen-bond acceptors (Lipinski definition) is 3. The van der Waals surface area contributed by atoms with E-state index < -0.39 is 10.0 Å². The maximum Gasteiger partial charge on any atom is 0.244 e. The van der Waals surface area contributed by atoms with E-state index in [1.807, 2.05) is 19.1 Å². The van der Waals surface area contributed by atoms with Gasteiger partial charge in [-0.3, -0.25) is 9.52 Å². The van der Waals surface area contributed by atoms with E-state index in [1.165, 1.54) is 11.6 Å². The summed E-state index contributed by atoms with van der Waals surface area (Å²) >= 11 is 0. The standard InChI is InChI=1S/C24H30N2O3S/c1-7-19-16-20(11-14-22(19)26-30(6,28)29)17(2)25-23(27)15-10-18-8-12-21(13-9-18)24(3,4)5/h7-17,26H,1H2,2-6H3,(H,25,27)/t17-/m1/s1. The summed E-state index contributed by atoms with van der Waals surface area (Å²) in [6.45, 7) is 12.1. The first kappa shape index (κ1) is 23.4. The molecule has 2 rings (SSSR count). The summed E-state index contributed by atoms with van der Waals surface area (Å²) in [5, 5.41) is 2.92. The highest BCUT2D eigenvalue weighted by Gasteiger charge is 2.13. The third kappa shape index (κ3) is 6.88. The van der Waals surface area contributed by atoms with E-state index in [-0.39, 0.29) is 17.4 Å². The van der Waals surface area contributed by atoms with E-state index in [2.05, 4.69) is 49.5 Å². The Morgan fingerprint density at radius 1 is 1.10 bits per heavy atom. The first-order chi connectivity index (χ1) is 13.9. The van der Waals surface area contributed by atoms with Gasteiger partial charge in [0.05, 0.1) is 18.0 Å².